The zero-order chi connectivity index (χ0) is 21.5. The van der Waals surface area contributed by atoms with Crippen molar-refractivity contribution in [1.82, 2.24) is 0 Å². The van der Waals surface area contributed by atoms with Gasteiger partial charge in [-0.05, 0) is 75.0 Å². The molecule has 4 aliphatic rings. The van der Waals surface area contributed by atoms with E-state index in [-0.39, 0.29) is 23.8 Å². The smallest absolute Gasteiger partial charge is 0.317 e. The lowest BCUT2D eigenvalue weighted by Gasteiger charge is -2.38. The standard InChI is InChI=1S/C28H46O3/c29-27(25(21-13-5-1-6-14-21)22-15-7-2-8-16-22)31-28(30)26(23-17-9-3-10-18-23)24-19-11-4-12-20-24/h21-26H,1-20H2. The van der Waals surface area contributed by atoms with Crippen LogP contribution in [0.25, 0.3) is 0 Å². The molecule has 0 heterocycles. The molecule has 0 bridgehead atoms. The predicted octanol–water partition coefficient (Wildman–Crippen LogP) is 7.61. The molecule has 4 saturated carbocycles. The highest BCUT2D eigenvalue weighted by atomic mass is 16.6. The zero-order valence-corrected chi connectivity index (χ0v) is 19.8. The summed E-state index contributed by atoms with van der Waals surface area (Å²) in [7, 11) is 0. The molecule has 0 atom stereocenters. The predicted molar refractivity (Wildman–Crippen MR) is 124 cm³/mol. The van der Waals surface area contributed by atoms with Crippen LogP contribution in [-0.2, 0) is 14.3 Å². The first-order chi connectivity index (χ1) is 15.2. The Morgan fingerprint density at radius 2 is 0.645 bits per heavy atom. The lowest BCUT2D eigenvalue weighted by molar-refractivity contribution is -0.172. The molecule has 4 rings (SSSR count). The van der Waals surface area contributed by atoms with Crippen LogP contribution in [0.15, 0.2) is 0 Å². The highest BCUT2D eigenvalue weighted by Crippen LogP contribution is 2.43. The minimum atomic E-state index is -0.139. The molecule has 0 amide bonds. The molecular formula is C28H46O3. The second kappa shape index (κ2) is 11.8. The lowest BCUT2D eigenvalue weighted by atomic mass is 9.69. The van der Waals surface area contributed by atoms with Gasteiger partial charge in [0.25, 0.3) is 0 Å². The average molecular weight is 431 g/mol. The van der Waals surface area contributed by atoms with E-state index in [0.717, 1.165) is 51.4 Å². The van der Waals surface area contributed by atoms with Gasteiger partial charge in [0.1, 0.15) is 0 Å². The molecule has 0 aromatic rings. The first kappa shape index (κ1) is 23.3. The quantitative estimate of drug-likeness (QED) is 0.322. The van der Waals surface area contributed by atoms with E-state index in [1.807, 2.05) is 0 Å². The molecule has 0 N–H and O–H groups in total. The molecule has 176 valence electrons. The summed E-state index contributed by atoms with van der Waals surface area (Å²) in [6.07, 6.45) is 24.3. The molecular weight excluding hydrogens is 384 g/mol. The van der Waals surface area contributed by atoms with E-state index in [2.05, 4.69) is 0 Å². The van der Waals surface area contributed by atoms with E-state index in [4.69, 9.17) is 4.74 Å². The molecule has 3 heteroatoms. The van der Waals surface area contributed by atoms with Gasteiger partial charge < -0.3 is 4.74 Å². The van der Waals surface area contributed by atoms with Crippen molar-refractivity contribution in [3.8, 4) is 0 Å². The Kier molecular flexibility index (Phi) is 8.90. The Morgan fingerprint density at radius 3 is 0.871 bits per heavy atom. The number of hydrogen-bond acceptors (Lipinski definition) is 3. The third-order valence-electron chi connectivity index (χ3n) is 9.38. The van der Waals surface area contributed by atoms with Crippen LogP contribution in [0.3, 0.4) is 0 Å². The third-order valence-corrected chi connectivity index (χ3v) is 9.38. The van der Waals surface area contributed by atoms with Gasteiger partial charge in [0.05, 0.1) is 11.8 Å². The Labute approximate surface area is 190 Å². The Balaban J connectivity index is 1.47. The van der Waals surface area contributed by atoms with E-state index in [9.17, 15) is 9.59 Å². The molecule has 0 unspecified atom stereocenters. The Hall–Kier alpha value is -0.860. The maximum Gasteiger partial charge on any atom is 0.317 e. The number of ether oxygens (including phenoxy) is 1. The minimum absolute atomic E-state index is 0.0251. The van der Waals surface area contributed by atoms with Crippen molar-refractivity contribution in [2.45, 2.75) is 128 Å². The lowest BCUT2D eigenvalue weighted by Crippen LogP contribution is -2.40. The number of carbonyl (C=O) groups is 2. The van der Waals surface area contributed by atoms with Gasteiger partial charge in [0, 0.05) is 0 Å². The third kappa shape index (κ3) is 6.14. The normalized spacial score (nSPS) is 25.7. The van der Waals surface area contributed by atoms with E-state index in [1.54, 1.807) is 0 Å². The van der Waals surface area contributed by atoms with Crippen LogP contribution in [0.1, 0.15) is 128 Å². The summed E-state index contributed by atoms with van der Waals surface area (Å²) in [6, 6.07) is 0. The maximum atomic E-state index is 13.6. The molecule has 0 spiro atoms. The molecule has 0 saturated heterocycles. The van der Waals surface area contributed by atoms with Gasteiger partial charge in [-0.3, -0.25) is 9.59 Å². The molecule has 0 radical (unpaired) electrons. The summed E-state index contributed by atoms with van der Waals surface area (Å²) >= 11 is 0. The van der Waals surface area contributed by atoms with Crippen LogP contribution < -0.4 is 0 Å². The van der Waals surface area contributed by atoms with Crippen LogP contribution >= 0.6 is 0 Å². The SMILES string of the molecule is O=C(OC(=O)C(C1CCCCC1)C1CCCCC1)C(C1CCCCC1)C1CCCCC1. The second-order valence-electron chi connectivity index (χ2n) is 11.4. The average Bonchev–Trinajstić information content (AvgIpc) is 2.82. The van der Waals surface area contributed by atoms with Crippen LogP contribution in [0.5, 0.6) is 0 Å². The van der Waals surface area contributed by atoms with Gasteiger partial charge in [0.15, 0.2) is 0 Å². The van der Waals surface area contributed by atoms with Crippen molar-refractivity contribution >= 4 is 11.9 Å². The Morgan fingerprint density at radius 1 is 0.419 bits per heavy atom. The largest absolute Gasteiger partial charge is 0.393 e. The highest BCUT2D eigenvalue weighted by molar-refractivity contribution is 5.88. The topological polar surface area (TPSA) is 43.4 Å². The summed E-state index contributed by atoms with van der Waals surface area (Å²) < 4.78 is 5.91. The maximum absolute atomic E-state index is 13.6. The highest BCUT2D eigenvalue weighted by Gasteiger charge is 2.42. The fourth-order valence-electron chi connectivity index (χ4n) is 7.75. The van der Waals surface area contributed by atoms with Crippen LogP contribution in [-0.4, -0.2) is 11.9 Å². The summed E-state index contributed by atoms with van der Waals surface area (Å²) in [4.78, 5) is 27.2. The van der Waals surface area contributed by atoms with Crippen LogP contribution in [0.4, 0.5) is 0 Å². The summed E-state index contributed by atoms with van der Waals surface area (Å²) in [6.45, 7) is 0. The van der Waals surface area contributed by atoms with Gasteiger partial charge in [-0.2, -0.15) is 0 Å². The minimum Gasteiger partial charge on any atom is -0.393 e. The van der Waals surface area contributed by atoms with Crippen LogP contribution in [0, 0.1) is 35.5 Å². The summed E-state index contributed by atoms with van der Waals surface area (Å²) in [5.41, 5.74) is 0. The second-order valence-corrected chi connectivity index (χ2v) is 11.4. The van der Waals surface area contributed by atoms with Crippen molar-refractivity contribution < 1.29 is 14.3 Å². The molecule has 0 aromatic carbocycles. The van der Waals surface area contributed by atoms with Crippen molar-refractivity contribution in [3.05, 3.63) is 0 Å². The molecule has 3 nitrogen and oxygen atoms in total. The first-order valence-corrected chi connectivity index (χ1v) is 14.0. The first-order valence-electron chi connectivity index (χ1n) is 14.0. The van der Waals surface area contributed by atoms with Crippen LogP contribution in [0.2, 0.25) is 0 Å². The zero-order valence-electron chi connectivity index (χ0n) is 19.8. The fourth-order valence-corrected chi connectivity index (χ4v) is 7.75. The van der Waals surface area contributed by atoms with E-state index >= 15 is 0 Å². The summed E-state index contributed by atoms with van der Waals surface area (Å²) in [5.74, 6) is 1.45. The monoisotopic (exact) mass is 430 g/mol. The number of rotatable bonds is 6. The van der Waals surface area contributed by atoms with E-state index < -0.39 is 0 Å². The fraction of sp³-hybridized carbons (Fsp3) is 0.929. The number of hydrogen-bond donors (Lipinski definition) is 0. The molecule has 0 aromatic heterocycles. The van der Waals surface area contributed by atoms with Gasteiger partial charge >= 0.3 is 11.9 Å². The summed E-state index contributed by atoms with van der Waals surface area (Å²) in [5, 5.41) is 0. The Bertz CT molecular complexity index is 475. The van der Waals surface area contributed by atoms with Gasteiger partial charge in [-0.1, -0.05) is 77.0 Å². The van der Waals surface area contributed by atoms with Crippen molar-refractivity contribution in [2.24, 2.45) is 35.5 Å². The number of esters is 2. The van der Waals surface area contributed by atoms with Gasteiger partial charge in [-0.15, -0.1) is 0 Å². The number of carbonyl (C=O) groups excluding carboxylic acids is 2. The van der Waals surface area contributed by atoms with Crippen molar-refractivity contribution in [2.75, 3.05) is 0 Å². The molecule has 31 heavy (non-hydrogen) atoms. The van der Waals surface area contributed by atoms with E-state index in [1.165, 1.54) is 77.0 Å². The molecule has 4 fully saturated rings. The van der Waals surface area contributed by atoms with Crippen molar-refractivity contribution in [3.63, 3.8) is 0 Å². The van der Waals surface area contributed by atoms with Gasteiger partial charge in [0.2, 0.25) is 0 Å². The van der Waals surface area contributed by atoms with Crippen molar-refractivity contribution in [1.29, 1.82) is 0 Å². The van der Waals surface area contributed by atoms with E-state index in [0.29, 0.717) is 23.7 Å². The van der Waals surface area contributed by atoms with Gasteiger partial charge in [-0.25, -0.2) is 0 Å². The molecule has 4 aliphatic carbocycles. The molecule has 0 aliphatic heterocycles.